The predicted molar refractivity (Wildman–Crippen MR) is 72.7 cm³/mol. The number of nitrogens with zero attached hydrogens (tertiary/aromatic N) is 1. The van der Waals surface area contributed by atoms with Gasteiger partial charge in [0.05, 0.1) is 0 Å². The molecule has 19 heavy (non-hydrogen) atoms. The van der Waals surface area contributed by atoms with Crippen molar-refractivity contribution in [1.29, 1.82) is 0 Å². The van der Waals surface area contributed by atoms with Crippen molar-refractivity contribution in [2.45, 2.75) is 19.8 Å². The van der Waals surface area contributed by atoms with Crippen molar-refractivity contribution in [2.75, 3.05) is 6.54 Å². The number of nitrogens with one attached hydrogen (secondary N) is 1. The third-order valence-electron chi connectivity index (χ3n) is 3.31. The molecular weight excluding hydrogens is 242 g/mol. The number of hydrogen-bond acceptors (Lipinski definition) is 3. The predicted octanol–water partition coefficient (Wildman–Crippen LogP) is 0.728. The number of hydrogen-bond donors (Lipinski definition) is 2. The van der Waals surface area contributed by atoms with E-state index in [1.165, 1.54) is 0 Å². The van der Waals surface area contributed by atoms with Crippen LogP contribution in [0.1, 0.15) is 24.0 Å². The van der Waals surface area contributed by atoms with Gasteiger partial charge in [-0.2, -0.15) is 4.99 Å². The summed E-state index contributed by atoms with van der Waals surface area (Å²) in [4.78, 5) is 28.2. The number of rotatable bonds is 3. The van der Waals surface area contributed by atoms with E-state index in [0.717, 1.165) is 5.56 Å². The number of aryl methyl sites for hydroxylation is 1. The van der Waals surface area contributed by atoms with Gasteiger partial charge in [-0.1, -0.05) is 31.2 Å². The monoisotopic (exact) mass is 259 g/mol. The van der Waals surface area contributed by atoms with E-state index in [1.807, 2.05) is 32.0 Å². The fraction of sp³-hybridized carbons (Fsp3) is 0.357. The molecule has 2 amide bonds. The van der Waals surface area contributed by atoms with Crippen molar-refractivity contribution in [3.63, 3.8) is 0 Å². The van der Waals surface area contributed by atoms with Crippen LogP contribution in [0.2, 0.25) is 0 Å². The van der Waals surface area contributed by atoms with Crippen molar-refractivity contribution in [2.24, 2.45) is 16.6 Å². The van der Waals surface area contributed by atoms with Crippen LogP contribution in [-0.2, 0) is 9.59 Å². The van der Waals surface area contributed by atoms with Crippen molar-refractivity contribution in [1.82, 2.24) is 5.32 Å². The highest BCUT2D eigenvalue weighted by Gasteiger charge is 2.35. The summed E-state index contributed by atoms with van der Waals surface area (Å²) >= 11 is 0. The van der Waals surface area contributed by atoms with E-state index >= 15 is 0 Å². The molecule has 1 aromatic carbocycles. The smallest absolute Gasteiger partial charge is 0.264 e. The molecule has 1 aliphatic rings. The SMILES string of the molecule is Cc1ccccc1C1C(=O)N=C(C(C)CN)NC1=O. The van der Waals surface area contributed by atoms with E-state index < -0.39 is 11.8 Å². The molecule has 2 rings (SSSR count). The summed E-state index contributed by atoms with van der Waals surface area (Å²) in [5, 5.41) is 2.68. The minimum atomic E-state index is -0.852. The van der Waals surface area contributed by atoms with Crippen molar-refractivity contribution in [3.05, 3.63) is 35.4 Å². The molecule has 0 aliphatic carbocycles. The molecule has 0 radical (unpaired) electrons. The van der Waals surface area contributed by atoms with E-state index in [-0.39, 0.29) is 11.8 Å². The average Bonchev–Trinajstić information content (AvgIpc) is 2.39. The minimum absolute atomic E-state index is 0.134. The lowest BCUT2D eigenvalue weighted by Gasteiger charge is -2.23. The Balaban J connectivity index is 2.36. The van der Waals surface area contributed by atoms with Crippen LogP contribution in [0.4, 0.5) is 0 Å². The zero-order valence-corrected chi connectivity index (χ0v) is 11.0. The van der Waals surface area contributed by atoms with Gasteiger partial charge in [0.25, 0.3) is 5.91 Å². The quantitative estimate of drug-likeness (QED) is 0.785. The molecular formula is C14H17N3O2. The van der Waals surface area contributed by atoms with Crippen LogP contribution >= 0.6 is 0 Å². The lowest BCUT2D eigenvalue weighted by atomic mass is 9.92. The maximum atomic E-state index is 12.1. The van der Waals surface area contributed by atoms with Gasteiger partial charge in [-0.25, -0.2) is 0 Å². The molecule has 5 nitrogen and oxygen atoms in total. The van der Waals surface area contributed by atoms with E-state index in [4.69, 9.17) is 5.73 Å². The normalized spacial score (nSPS) is 20.8. The summed E-state index contributed by atoms with van der Waals surface area (Å²) in [5.74, 6) is -1.37. The number of nitrogens with two attached hydrogens (primary N) is 1. The zero-order chi connectivity index (χ0) is 14.0. The number of amides is 2. The molecule has 1 heterocycles. The highest BCUT2D eigenvalue weighted by molar-refractivity contribution is 6.19. The third kappa shape index (κ3) is 2.56. The number of amidine groups is 1. The Labute approximate surface area is 111 Å². The van der Waals surface area contributed by atoms with Gasteiger partial charge in [0.1, 0.15) is 11.8 Å². The van der Waals surface area contributed by atoms with Gasteiger partial charge in [-0.3, -0.25) is 9.59 Å². The second-order valence-electron chi connectivity index (χ2n) is 4.75. The molecule has 1 aromatic rings. The van der Waals surface area contributed by atoms with Gasteiger partial charge in [-0.15, -0.1) is 0 Å². The van der Waals surface area contributed by atoms with Crippen LogP contribution in [0.5, 0.6) is 0 Å². The molecule has 0 saturated heterocycles. The molecule has 100 valence electrons. The Kier molecular flexibility index (Phi) is 3.76. The molecule has 2 unspecified atom stereocenters. The van der Waals surface area contributed by atoms with E-state index in [9.17, 15) is 9.59 Å². The fourth-order valence-corrected chi connectivity index (χ4v) is 2.05. The molecule has 0 spiro atoms. The van der Waals surface area contributed by atoms with Crippen LogP contribution in [0.15, 0.2) is 29.3 Å². The van der Waals surface area contributed by atoms with E-state index in [1.54, 1.807) is 6.07 Å². The Morgan fingerprint density at radius 2 is 2.05 bits per heavy atom. The van der Waals surface area contributed by atoms with Gasteiger partial charge in [-0.05, 0) is 18.1 Å². The molecule has 0 aromatic heterocycles. The summed E-state index contributed by atoms with van der Waals surface area (Å²) in [6.07, 6.45) is 0. The van der Waals surface area contributed by atoms with Gasteiger partial charge in [0, 0.05) is 12.5 Å². The maximum Gasteiger partial charge on any atom is 0.264 e. The highest BCUT2D eigenvalue weighted by atomic mass is 16.2. The largest absolute Gasteiger partial charge is 0.330 e. The molecule has 2 atom stereocenters. The first-order chi connectivity index (χ1) is 9.04. The fourth-order valence-electron chi connectivity index (χ4n) is 2.05. The van der Waals surface area contributed by atoms with Crippen molar-refractivity contribution in [3.8, 4) is 0 Å². The first kappa shape index (κ1) is 13.4. The molecule has 0 fully saturated rings. The Morgan fingerprint density at radius 3 is 2.63 bits per heavy atom. The number of aliphatic imine (C=N–C) groups is 1. The summed E-state index contributed by atoms with van der Waals surface area (Å²) in [7, 11) is 0. The van der Waals surface area contributed by atoms with Crippen LogP contribution < -0.4 is 11.1 Å². The van der Waals surface area contributed by atoms with Crippen LogP contribution in [0.25, 0.3) is 0 Å². The van der Waals surface area contributed by atoms with E-state index in [2.05, 4.69) is 10.3 Å². The zero-order valence-electron chi connectivity index (χ0n) is 11.0. The Morgan fingerprint density at radius 1 is 1.37 bits per heavy atom. The van der Waals surface area contributed by atoms with Gasteiger partial charge >= 0.3 is 0 Å². The van der Waals surface area contributed by atoms with Gasteiger partial charge in [0.15, 0.2) is 0 Å². The summed E-state index contributed by atoms with van der Waals surface area (Å²) < 4.78 is 0. The van der Waals surface area contributed by atoms with Crippen LogP contribution in [0, 0.1) is 12.8 Å². The first-order valence-corrected chi connectivity index (χ1v) is 6.23. The number of benzene rings is 1. The topological polar surface area (TPSA) is 84.6 Å². The van der Waals surface area contributed by atoms with Crippen molar-refractivity contribution >= 4 is 17.6 Å². The third-order valence-corrected chi connectivity index (χ3v) is 3.31. The van der Waals surface area contributed by atoms with E-state index in [0.29, 0.717) is 17.9 Å². The molecule has 0 bridgehead atoms. The second-order valence-corrected chi connectivity index (χ2v) is 4.75. The molecule has 0 saturated carbocycles. The standard InChI is InChI=1S/C14H17N3O2/c1-8-5-3-4-6-10(8)11-13(18)16-12(9(2)7-15)17-14(11)19/h3-6,9,11H,7,15H2,1-2H3,(H,16,17,18,19). The number of carbonyl (C=O) groups is 2. The lowest BCUT2D eigenvalue weighted by molar-refractivity contribution is -0.129. The second kappa shape index (κ2) is 5.32. The Bertz CT molecular complexity index is 551. The Hall–Kier alpha value is -2.01. The van der Waals surface area contributed by atoms with Crippen molar-refractivity contribution < 1.29 is 9.59 Å². The average molecular weight is 259 g/mol. The molecule has 5 heteroatoms. The summed E-state index contributed by atoms with van der Waals surface area (Å²) in [6.45, 7) is 4.03. The summed E-state index contributed by atoms with van der Waals surface area (Å²) in [6, 6.07) is 7.34. The summed E-state index contributed by atoms with van der Waals surface area (Å²) in [5.41, 5.74) is 7.13. The first-order valence-electron chi connectivity index (χ1n) is 6.23. The number of carbonyl (C=O) groups excluding carboxylic acids is 2. The molecule has 3 N–H and O–H groups in total. The lowest BCUT2D eigenvalue weighted by Crippen LogP contribution is -2.46. The minimum Gasteiger partial charge on any atom is -0.330 e. The van der Waals surface area contributed by atoms with Crippen LogP contribution in [-0.4, -0.2) is 24.2 Å². The van der Waals surface area contributed by atoms with Crippen LogP contribution in [0.3, 0.4) is 0 Å². The van der Waals surface area contributed by atoms with Gasteiger partial charge < -0.3 is 11.1 Å². The van der Waals surface area contributed by atoms with Gasteiger partial charge in [0.2, 0.25) is 5.91 Å². The molecule has 1 aliphatic heterocycles. The maximum absolute atomic E-state index is 12.1. The highest BCUT2D eigenvalue weighted by Crippen LogP contribution is 2.24.